The smallest absolute Gasteiger partial charge is 0.130 e. The Kier molecular flexibility index (Phi) is 2.51. The van der Waals surface area contributed by atoms with E-state index in [9.17, 15) is 4.39 Å². The molecule has 0 bridgehead atoms. The summed E-state index contributed by atoms with van der Waals surface area (Å²) in [7, 11) is 0. The third-order valence-electron chi connectivity index (χ3n) is 2.27. The van der Waals surface area contributed by atoms with Crippen molar-refractivity contribution < 1.29 is 4.39 Å². The second kappa shape index (κ2) is 3.82. The number of aromatic nitrogens is 2. The summed E-state index contributed by atoms with van der Waals surface area (Å²) >= 11 is 0. The molecule has 0 aliphatic rings. The highest BCUT2D eigenvalue weighted by Crippen LogP contribution is 2.22. The number of halogens is 1. The van der Waals surface area contributed by atoms with Crippen LogP contribution in [0.5, 0.6) is 0 Å². The van der Waals surface area contributed by atoms with Crippen molar-refractivity contribution in [1.29, 1.82) is 0 Å². The lowest BCUT2D eigenvalue weighted by Crippen LogP contribution is -2.11. The molecular weight excluding hydrogens is 193 g/mol. The number of imidazole rings is 1. The van der Waals surface area contributed by atoms with E-state index in [0.717, 1.165) is 5.69 Å². The molecule has 0 aliphatic heterocycles. The summed E-state index contributed by atoms with van der Waals surface area (Å²) in [5.41, 5.74) is 7.00. The zero-order valence-corrected chi connectivity index (χ0v) is 8.39. The van der Waals surface area contributed by atoms with E-state index in [4.69, 9.17) is 5.73 Å². The van der Waals surface area contributed by atoms with Gasteiger partial charge in [-0.3, -0.25) is 0 Å². The zero-order chi connectivity index (χ0) is 10.8. The van der Waals surface area contributed by atoms with Crippen LogP contribution in [-0.2, 0) is 0 Å². The Hall–Kier alpha value is -1.68. The maximum Gasteiger partial charge on any atom is 0.130 e. The third-order valence-corrected chi connectivity index (χ3v) is 2.27. The molecule has 0 saturated heterocycles. The van der Waals surface area contributed by atoms with Crippen LogP contribution in [0, 0.1) is 5.82 Å². The predicted molar refractivity (Wildman–Crippen MR) is 56.1 cm³/mol. The molecule has 15 heavy (non-hydrogen) atoms. The quantitative estimate of drug-likeness (QED) is 0.815. The molecule has 3 nitrogen and oxygen atoms in total. The minimum absolute atomic E-state index is 0.281. The fraction of sp³-hybridized carbons (Fsp3) is 0.182. The van der Waals surface area contributed by atoms with Gasteiger partial charge in [0.15, 0.2) is 0 Å². The van der Waals surface area contributed by atoms with Crippen molar-refractivity contribution in [1.82, 2.24) is 9.55 Å². The van der Waals surface area contributed by atoms with Crippen LogP contribution in [0.15, 0.2) is 36.9 Å². The fourth-order valence-electron chi connectivity index (χ4n) is 1.60. The largest absolute Gasteiger partial charge is 0.324 e. The van der Waals surface area contributed by atoms with Gasteiger partial charge in [-0.05, 0) is 19.1 Å². The van der Waals surface area contributed by atoms with Crippen LogP contribution < -0.4 is 5.73 Å². The zero-order valence-electron chi connectivity index (χ0n) is 8.39. The third kappa shape index (κ3) is 1.76. The number of nitrogens with zero attached hydrogens (tertiary/aromatic N) is 2. The van der Waals surface area contributed by atoms with Crippen molar-refractivity contribution in [2.24, 2.45) is 5.73 Å². The maximum absolute atomic E-state index is 13.6. The van der Waals surface area contributed by atoms with E-state index in [2.05, 4.69) is 4.98 Å². The van der Waals surface area contributed by atoms with Crippen molar-refractivity contribution in [3.05, 3.63) is 48.3 Å². The highest BCUT2D eigenvalue weighted by molar-refractivity contribution is 5.43. The molecule has 0 fully saturated rings. The standard InChI is InChI=1S/C11H12FN3/c1-8(13)11-9(12)3-2-4-10(11)15-6-5-14-7-15/h2-8H,13H2,1H3/t8-/m1/s1. The van der Waals surface area contributed by atoms with E-state index in [1.807, 2.05) is 6.07 Å². The molecule has 1 atom stereocenters. The Balaban J connectivity index is 2.61. The van der Waals surface area contributed by atoms with Crippen LogP contribution in [0.2, 0.25) is 0 Å². The molecule has 0 radical (unpaired) electrons. The molecule has 0 saturated carbocycles. The van der Waals surface area contributed by atoms with E-state index in [1.165, 1.54) is 6.07 Å². The lowest BCUT2D eigenvalue weighted by molar-refractivity contribution is 0.591. The van der Waals surface area contributed by atoms with Crippen LogP contribution in [0.4, 0.5) is 4.39 Å². The van der Waals surface area contributed by atoms with Crippen LogP contribution in [0.3, 0.4) is 0 Å². The van der Waals surface area contributed by atoms with E-state index < -0.39 is 0 Å². The average molecular weight is 205 g/mol. The number of benzene rings is 1. The van der Waals surface area contributed by atoms with Crippen LogP contribution in [0.1, 0.15) is 18.5 Å². The van der Waals surface area contributed by atoms with Crippen LogP contribution in [0.25, 0.3) is 5.69 Å². The first-order valence-corrected chi connectivity index (χ1v) is 4.72. The monoisotopic (exact) mass is 205 g/mol. The summed E-state index contributed by atoms with van der Waals surface area (Å²) in [4.78, 5) is 3.93. The molecule has 0 unspecified atom stereocenters. The molecule has 1 aromatic carbocycles. The van der Waals surface area contributed by atoms with Gasteiger partial charge in [0.2, 0.25) is 0 Å². The van der Waals surface area contributed by atoms with E-state index in [-0.39, 0.29) is 11.9 Å². The molecule has 0 spiro atoms. The Morgan fingerprint density at radius 1 is 1.47 bits per heavy atom. The van der Waals surface area contributed by atoms with Crippen molar-refractivity contribution >= 4 is 0 Å². The van der Waals surface area contributed by atoms with Gasteiger partial charge in [0.1, 0.15) is 5.82 Å². The number of rotatable bonds is 2. The minimum Gasteiger partial charge on any atom is -0.324 e. The van der Waals surface area contributed by atoms with Gasteiger partial charge in [0.05, 0.1) is 12.0 Å². The highest BCUT2D eigenvalue weighted by atomic mass is 19.1. The first kappa shape index (κ1) is 9.86. The van der Waals surface area contributed by atoms with Gasteiger partial charge in [-0.1, -0.05) is 6.07 Å². The van der Waals surface area contributed by atoms with Crippen molar-refractivity contribution in [2.45, 2.75) is 13.0 Å². The van der Waals surface area contributed by atoms with E-state index in [0.29, 0.717) is 5.56 Å². The highest BCUT2D eigenvalue weighted by Gasteiger charge is 2.13. The Morgan fingerprint density at radius 3 is 2.87 bits per heavy atom. The molecule has 1 aromatic heterocycles. The molecule has 0 amide bonds. The first-order chi connectivity index (χ1) is 7.20. The van der Waals surface area contributed by atoms with Crippen molar-refractivity contribution in [3.63, 3.8) is 0 Å². The van der Waals surface area contributed by atoms with Gasteiger partial charge in [-0.2, -0.15) is 0 Å². The fourth-order valence-corrected chi connectivity index (χ4v) is 1.60. The molecule has 2 aromatic rings. The molecule has 78 valence electrons. The van der Waals surface area contributed by atoms with Crippen molar-refractivity contribution in [3.8, 4) is 5.69 Å². The number of nitrogens with two attached hydrogens (primary N) is 1. The van der Waals surface area contributed by atoms with Crippen LogP contribution >= 0.6 is 0 Å². The van der Waals surface area contributed by atoms with Gasteiger partial charge in [-0.25, -0.2) is 9.37 Å². The van der Waals surface area contributed by atoms with Gasteiger partial charge in [0.25, 0.3) is 0 Å². The summed E-state index contributed by atoms with van der Waals surface area (Å²) in [6, 6.07) is 4.56. The predicted octanol–water partition coefficient (Wildman–Crippen LogP) is 2.03. The van der Waals surface area contributed by atoms with E-state index in [1.54, 1.807) is 36.3 Å². The van der Waals surface area contributed by atoms with Gasteiger partial charge < -0.3 is 10.3 Å². The Morgan fingerprint density at radius 2 is 2.27 bits per heavy atom. The summed E-state index contributed by atoms with van der Waals surface area (Å²) in [5.74, 6) is -0.281. The van der Waals surface area contributed by atoms with Crippen molar-refractivity contribution in [2.75, 3.05) is 0 Å². The molecule has 1 heterocycles. The summed E-state index contributed by atoms with van der Waals surface area (Å²) in [5, 5.41) is 0. The summed E-state index contributed by atoms with van der Waals surface area (Å²) in [6.07, 6.45) is 5.04. The molecular formula is C11H12FN3. The molecule has 0 aliphatic carbocycles. The molecule has 2 rings (SSSR count). The second-order valence-corrected chi connectivity index (χ2v) is 3.43. The number of hydrogen-bond donors (Lipinski definition) is 1. The Bertz CT molecular complexity index is 449. The normalized spacial score (nSPS) is 12.7. The molecule has 2 N–H and O–H groups in total. The van der Waals surface area contributed by atoms with E-state index >= 15 is 0 Å². The first-order valence-electron chi connectivity index (χ1n) is 4.72. The maximum atomic E-state index is 13.6. The Labute approximate surface area is 87.4 Å². The summed E-state index contributed by atoms with van der Waals surface area (Å²) in [6.45, 7) is 1.76. The van der Waals surface area contributed by atoms with Gasteiger partial charge >= 0.3 is 0 Å². The number of hydrogen-bond acceptors (Lipinski definition) is 2. The van der Waals surface area contributed by atoms with Crippen LogP contribution in [-0.4, -0.2) is 9.55 Å². The topological polar surface area (TPSA) is 43.8 Å². The lowest BCUT2D eigenvalue weighted by Gasteiger charge is -2.13. The lowest BCUT2D eigenvalue weighted by atomic mass is 10.1. The summed E-state index contributed by atoms with van der Waals surface area (Å²) < 4.78 is 15.3. The second-order valence-electron chi connectivity index (χ2n) is 3.43. The molecule has 4 heteroatoms. The average Bonchev–Trinajstić information content (AvgIpc) is 2.69. The SMILES string of the molecule is C[C@@H](N)c1c(F)cccc1-n1ccnc1. The minimum atomic E-state index is -0.344. The van der Waals surface area contributed by atoms with Gasteiger partial charge in [0, 0.05) is 24.0 Å². The van der Waals surface area contributed by atoms with Gasteiger partial charge in [-0.15, -0.1) is 0 Å².